The SMILES string of the molecule is Cc1nc(Cc2ncc(C(=O)Nc3c(C)cccc3Cl)s2)cc(N2CCNCC2)n1. The molecule has 1 aliphatic rings. The van der Waals surface area contributed by atoms with Crippen LogP contribution in [0.25, 0.3) is 0 Å². The summed E-state index contributed by atoms with van der Waals surface area (Å²) in [5, 5.41) is 7.60. The van der Waals surface area contributed by atoms with E-state index in [1.54, 1.807) is 12.3 Å². The lowest BCUT2D eigenvalue weighted by Gasteiger charge is -2.28. The first kappa shape index (κ1) is 20.7. The van der Waals surface area contributed by atoms with Gasteiger partial charge in [0.1, 0.15) is 16.5 Å². The highest BCUT2D eigenvalue weighted by atomic mass is 35.5. The summed E-state index contributed by atoms with van der Waals surface area (Å²) in [6.45, 7) is 7.58. The maximum Gasteiger partial charge on any atom is 0.267 e. The van der Waals surface area contributed by atoms with Gasteiger partial charge in [0.05, 0.1) is 27.6 Å². The molecule has 0 bridgehead atoms. The zero-order valence-corrected chi connectivity index (χ0v) is 18.5. The Morgan fingerprint density at radius 2 is 2.07 bits per heavy atom. The number of amides is 1. The van der Waals surface area contributed by atoms with Crippen LogP contribution < -0.4 is 15.5 Å². The van der Waals surface area contributed by atoms with Gasteiger partial charge in [-0.25, -0.2) is 15.0 Å². The molecule has 0 unspecified atom stereocenters. The molecule has 3 heterocycles. The largest absolute Gasteiger partial charge is 0.354 e. The summed E-state index contributed by atoms with van der Waals surface area (Å²) in [6.07, 6.45) is 2.16. The van der Waals surface area contributed by atoms with E-state index in [0.29, 0.717) is 22.0 Å². The molecule has 30 heavy (non-hydrogen) atoms. The minimum atomic E-state index is -0.213. The molecule has 0 atom stereocenters. The summed E-state index contributed by atoms with van der Waals surface area (Å²) in [6, 6.07) is 7.55. The molecular weight excluding hydrogens is 420 g/mol. The first-order valence-electron chi connectivity index (χ1n) is 9.81. The third kappa shape index (κ3) is 4.77. The van der Waals surface area contributed by atoms with Gasteiger partial charge in [0, 0.05) is 38.7 Å². The monoisotopic (exact) mass is 442 g/mol. The summed E-state index contributed by atoms with van der Waals surface area (Å²) in [4.78, 5) is 29.1. The lowest BCUT2D eigenvalue weighted by Crippen LogP contribution is -2.44. The Hall–Kier alpha value is -2.55. The molecule has 0 aliphatic carbocycles. The molecule has 7 nitrogen and oxygen atoms in total. The fraction of sp³-hybridized carbons (Fsp3) is 0.333. The highest BCUT2D eigenvalue weighted by Gasteiger charge is 2.16. The second-order valence-corrected chi connectivity index (χ2v) is 8.71. The average molecular weight is 443 g/mol. The molecule has 0 radical (unpaired) electrons. The van der Waals surface area contributed by atoms with Gasteiger partial charge in [-0.1, -0.05) is 23.7 Å². The smallest absolute Gasteiger partial charge is 0.267 e. The Kier molecular flexibility index (Phi) is 6.26. The van der Waals surface area contributed by atoms with E-state index in [1.165, 1.54) is 11.3 Å². The number of para-hydroxylation sites is 1. The van der Waals surface area contributed by atoms with Crippen LogP contribution in [0.4, 0.5) is 11.5 Å². The Morgan fingerprint density at radius 1 is 1.27 bits per heavy atom. The first-order chi connectivity index (χ1) is 14.5. The molecule has 2 N–H and O–H groups in total. The summed E-state index contributed by atoms with van der Waals surface area (Å²) in [7, 11) is 0. The summed E-state index contributed by atoms with van der Waals surface area (Å²) in [5.74, 6) is 1.47. The molecule has 0 spiro atoms. The number of carbonyl (C=O) groups is 1. The minimum absolute atomic E-state index is 0.213. The van der Waals surface area contributed by atoms with Gasteiger partial charge in [0.2, 0.25) is 0 Å². The predicted octanol–water partition coefficient (Wildman–Crippen LogP) is 3.46. The van der Waals surface area contributed by atoms with Crippen LogP contribution in [0, 0.1) is 13.8 Å². The minimum Gasteiger partial charge on any atom is -0.354 e. The standard InChI is InChI=1S/C21H23ClN6OS/c1-13-4-3-5-16(22)20(13)27-21(29)17-12-24-19(30-17)11-15-10-18(26-14(2)25-15)28-8-6-23-7-9-28/h3-5,10,12,23H,6-9,11H2,1-2H3,(H,27,29). The van der Waals surface area contributed by atoms with Crippen LogP contribution in [0.1, 0.15) is 31.8 Å². The lowest BCUT2D eigenvalue weighted by atomic mass is 10.2. The third-order valence-electron chi connectivity index (χ3n) is 4.89. The normalized spacial score (nSPS) is 14.0. The molecule has 1 aromatic carbocycles. The van der Waals surface area contributed by atoms with Gasteiger partial charge in [-0.3, -0.25) is 4.79 Å². The number of thiazole rings is 1. The summed E-state index contributed by atoms with van der Waals surface area (Å²) >= 11 is 7.58. The Morgan fingerprint density at radius 3 is 2.83 bits per heavy atom. The van der Waals surface area contributed by atoms with Gasteiger partial charge in [-0.2, -0.15) is 0 Å². The number of hydrogen-bond acceptors (Lipinski definition) is 7. The molecule has 1 aliphatic heterocycles. The van der Waals surface area contributed by atoms with Crippen molar-refractivity contribution in [3.8, 4) is 0 Å². The number of rotatable bonds is 5. The van der Waals surface area contributed by atoms with Crippen LogP contribution >= 0.6 is 22.9 Å². The molecule has 9 heteroatoms. The molecule has 1 fully saturated rings. The number of aromatic nitrogens is 3. The van der Waals surface area contributed by atoms with Crippen molar-refractivity contribution in [3.05, 3.63) is 62.5 Å². The number of nitrogens with zero attached hydrogens (tertiary/aromatic N) is 4. The van der Waals surface area contributed by atoms with Gasteiger partial charge in [-0.05, 0) is 25.5 Å². The van der Waals surface area contributed by atoms with Crippen molar-refractivity contribution in [1.29, 1.82) is 0 Å². The topological polar surface area (TPSA) is 83.0 Å². The molecule has 4 rings (SSSR count). The maximum atomic E-state index is 12.7. The van der Waals surface area contributed by atoms with Crippen LogP contribution in [0.15, 0.2) is 30.5 Å². The van der Waals surface area contributed by atoms with Crippen LogP contribution in [0.3, 0.4) is 0 Å². The molecule has 1 amide bonds. The van der Waals surface area contributed by atoms with Crippen molar-refractivity contribution in [2.24, 2.45) is 0 Å². The Balaban J connectivity index is 1.48. The van der Waals surface area contributed by atoms with E-state index in [0.717, 1.165) is 54.1 Å². The van der Waals surface area contributed by atoms with Gasteiger partial charge in [-0.15, -0.1) is 11.3 Å². The molecule has 3 aromatic rings. The predicted molar refractivity (Wildman–Crippen MR) is 121 cm³/mol. The Labute approximate surface area is 184 Å². The first-order valence-corrected chi connectivity index (χ1v) is 11.0. The Bertz CT molecular complexity index is 1040. The van der Waals surface area contributed by atoms with E-state index in [-0.39, 0.29) is 5.91 Å². The zero-order chi connectivity index (χ0) is 21.1. The van der Waals surface area contributed by atoms with E-state index >= 15 is 0 Å². The highest BCUT2D eigenvalue weighted by Crippen LogP contribution is 2.27. The van der Waals surface area contributed by atoms with Crippen LogP contribution in [0.5, 0.6) is 0 Å². The number of carbonyl (C=O) groups excluding carboxylic acids is 1. The van der Waals surface area contributed by atoms with E-state index in [9.17, 15) is 4.79 Å². The van der Waals surface area contributed by atoms with Crippen molar-refractivity contribution in [1.82, 2.24) is 20.3 Å². The quantitative estimate of drug-likeness (QED) is 0.629. The fourth-order valence-electron chi connectivity index (χ4n) is 3.38. The average Bonchev–Trinajstić information content (AvgIpc) is 3.19. The van der Waals surface area contributed by atoms with Gasteiger partial charge in [0.15, 0.2) is 0 Å². The van der Waals surface area contributed by atoms with Crippen LogP contribution in [0.2, 0.25) is 5.02 Å². The van der Waals surface area contributed by atoms with E-state index in [4.69, 9.17) is 11.6 Å². The van der Waals surface area contributed by atoms with Gasteiger partial charge >= 0.3 is 0 Å². The molecular formula is C21H23ClN6OS. The summed E-state index contributed by atoms with van der Waals surface area (Å²) in [5.41, 5.74) is 2.45. The van der Waals surface area contributed by atoms with Crippen molar-refractivity contribution in [2.75, 3.05) is 36.4 Å². The van der Waals surface area contributed by atoms with Gasteiger partial charge in [0.25, 0.3) is 5.91 Å². The number of nitrogens with one attached hydrogen (secondary N) is 2. The van der Waals surface area contributed by atoms with Gasteiger partial charge < -0.3 is 15.5 Å². The summed E-state index contributed by atoms with van der Waals surface area (Å²) < 4.78 is 0. The maximum absolute atomic E-state index is 12.7. The molecule has 0 saturated carbocycles. The van der Waals surface area contributed by atoms with E-state index in [2.05, 4.69) is 30.5 Å². The number of hydrogen-bond donors (Lipinski definition) is 2. The number of piperazine rings is 1. The van der Waals surface area contributed by atoms with Crippen molar-refractivity contribution in [3.63, 3.8) is 0 Å². The zero-order valence-electron chi connectivity index (χ0n) is 16.9. The number of aryl methyl sites for hydroxylation is 2. The van der Waals surface area contributed by atoms with Crippen LogP contribution in [-0.4, -0.2) is 47.0 Å². The van der Waals surface area contributed by atoms with Crippen molar-refractivity contribution < 1.29 is 4.79 Å². The van der Waals surface area contributed by atoms with Crippen molar-refractivity contribution >= 4 is 40.4 Å². The van der Waals surface area contributed by atoms with Crippen molar-refractivity contribution in [2.45, 2.75) is 20.3 Å². The lowest BCUT2D eigenvalue weighted by molar-refractivity contribution is 0.103. The fourth-order valence-corrected chi connectivity index (χ4v) is 4.47. The second kappa shape index (κ2) is 9.07. The van der Waals surface area contributed by atoms with E-state index in [1.807, 2.05) is 32.0 Å². The highest BCUT2D eigenvalue weighted by molar-refractivity contribution is 7.13. The molecule has 1 saturated heterocycles. The second-order valence-electron chi connectivity index (χ2n) is 7.18. The molecule has 156 valence electrons. The number of anilines is 2. The van der Waals surface area contributed by atoms with E-state index < -0.39 is 0 Å². The van der Waals surface area contributed by atoms with Crippen LogP contribution in [-0.2, 0) is 6.42 Å². The molecule has 2 aromatic heterocycles. The third-order valence-corrected chi connectivity index (χ3v) is 6.20. The number of benzene rings is 1. The number of halogens is 1.